The van der Waals surface area contributed by atoms with Gasteiger partial charge in [-0.25, -0.2) is 21.9 Å². The number of furan rings is 1. The van der Waals surface area contributed by atoms with Gasteiger partial charge < -0.3 is 10.2 Å². The second-order valence-electron chi connectivity index (χ2n) is 3.31. The van der Waals surface area contributed by atoms with Crippen molar-refractivity contribution in [2.45, 2.75) is 24.0 Å². The zero-order valence-electron chi connectivity index (χ0n) is 8.87. The number of hydrogen-bond donors (Lipinski definition) is 2. The first-order chi connectivity index (χ1) is 8.19. The van der Waals surface area contributed by atoms with Crippen molar-refractivity contribution >= 4 is 10.0 Å². The van der Waals surface area contributed by atoms with E-state index in [1.165, 1.54) is 10.8 Å². The lowest BCUT2D eigenvalue weighted by Crippen LogP contribution is -2.41. The highest BCUT2D eigenvalue weighted by molar-refractivity contribution is 7.89. The predicted molar refractivity (Wildman–Crippen MR) is 52.7 cm³/mol. The molecule has 0 amide bonds. The summed E-state index contributed by atoms with van der Waals surface area (Å²) in [4.78, 5) is 0. The normalized spacial score (nSPS) is 13.2. The van der Waals surface area contributed by atoms with Gasteiger partial charge >= 0.3 is 12.3 Å². The van der Waals surface area contributed by atoms with Gasteiger partial charge in [-0.05, 0) is 12.1 Å². The zero-order chi connectivity index (χ0) is 14.0. The maximum Gasteiger partial charge on any atom is 0.320 e. The summed E-state index contributed by atoms with van der Waals surface area (Å²) in [6.07, 6.45) is -3.96. The van der Waals surface area contributed by atoms with E-state index >= 15 is 0 Å². The number of hydrogen-bond acceptors (Lipinski definition) is 4. The molecule has 0 saturated heterocycles. The molecule has 0 unspecified atom stereocenters. The summed E-state index contributed by atoms with van der Waals surface area (Å²) in [5.74, 6) is -4.33. The zero-order valence-corrected chi connectivity index (χ0v) is 9.68. The summed E-state index contributed by atoms with van der Waals surface area (Å²) in [7, 11) is -4.40. The van der Waals surface area contributed by atoms with E-state index in [1.54, 1.807) is 0 Å². The van der Waals surface area contributed by atoms with Crippen molar-refractivity contribution in [2.24, 2.45) is 5.73 Å². The van der Waals surface area contributed by atoms with Gasteiger partial charge in [0.15, 0.2) is 0 Å². The van der Waals surface area contributed by atoms with E-state index in [4.69, 9.17) is 10.2 Å². The van der Waals surface area contributed by atoms with Crippen molar-refractivity contribution < 1.29 is 30.4 Å². The molecule has 104 valence electrons. The van der Waals surface area contributed by atoms with Crippen LogP contribution in [0.1, 0.15) is 5.76 Å². The number of sulfonamides is 1. The first kappa shape index (κ1) is 14.9. The molecule has 0 fully saturated rings. The monoisotopic (exact) mass is 290 g/mol. The quantitative estimate of drug-likeness (QED) is 0.763. The largest absolute Gasteiger partial charge is 0.447 e. The van der Waals surface area contributed by atoms with Crippen LogP contribution < -0.4 is 10.5 Å². The van der Waals surface area contributed by atoms with Crippen LogP contribution in [0.2, 0.25) is 0 Å². The van der Waals surface area contributed by atoms with Gasteiger partial charge in [0, 0.05) is 0 Å². The average Bonchev–Trinajstić information content (AvgIpc) is 2.75. The molecule has 3 N–H and O–H groups in total. The number of nitrogens with one attached hydrogen (secondary N) is 1. The molecule has 0 aliphatic heterocycles. The molecule has 1 rings (SSSR count). The summed E-state index contributed by atoms with van der Waals surface area (Å²) in [6.45, 7) is -1.80. The summed E-state index contributed by atoms with van der Waals surface area (Å²) < 4.78 is 77.6. The molecule has 1 heterocycles. The summed E-state index contributed by atoms with van der Waals surface area (Å²) >= 11 is 0. The molecule has 0 aromatic carbocycles. The number of nitrogens with two attached hydrogens (primary N) is 1. The second kappa shape index (κ2) is 5.24. The maximum absolute atomic E-state index is 12.5. The van der Waals surface area contributed by atoms with Crippen molar-refractivity contribution in [3.63, 3.8) is 0 Å². The fourth-order valence-corrected chi connectivity index (χ4v) is 1.94. The fourth-order valence-electron chi connectivity index (χ4n) is 0.952. The molecule has 0 spiro atoms. The van der Waals surface area contributed by atoms with Gasteiger partial charge in [-0.1, -0.05) is 0 Å². The van der Waals surface area contributed by atoms with Crippen LogP contribution in [0.4, 0.5) is 17.6 Å². The van der Waals surface area contributed by atoms with E-state index in [9.17, 15) is 26.0 Å². The van der Waals surface area contributed by atoms with Crippen LogP contribution >= 0.6 is 0 Å². The van der Waals surface area contributed by atoms with Crippen LogP contribution in [-0.2, 0) is 16.6 Å². The van der Waals surface area contributed by atoms with Crippen LogP contribution in [0.25, 0.3) is 0 Å². The number of rotatable bonds is 6. The Kier molecular flexibility index (Phi) is 4.35. The molecular weight excluding hydrogens is 280 g/mol. The van der Waals surface area contributed by atoms with Crippen molar-refractivity contribution in [3.05, 3.63) is 17.9 Å². The Hall–Kier alpha value is -1.13. The third kappa shape index (κ3) is 3.43. The highest BCUT2D eigenvalue weighted by Crippen LogP contribution is 2.22. The predicted octanol–water partition coefficient (Wildman–Crippen LogP) is 0.917. The highest BCUT2D eigenvalue weighted by Gasteiger charge is 2.41. The molecule has 1 aromatic heterocycles. The number of halogens is 4. The topological polar surface area (TPSA) is 85.3 Å². The molecule has 10 heteroatoms. The Labute approximate surface area is 100.0 Å². The highest BCUT2D eigenvalue weighted by atomic mass is 32.2. The molecule has 1 aromatic rings. The van der Waals surface area contributed by atoms with Gasteiger partial charge in [0.25, 0.3) is 10.0 Å². The van der Waals surface area contributed by atoms with E-state index in [2.05, 4.69) is 0 Å². The van der Waals surface area contributed by atoms with Crippen LogP contribution in [0, 0.1) is 0 Å². The molecular formula is C8H10F4N2O3S. The SMILES string of the molecule is NCc1ccc(S(=O)(=O)NCC(F)(F)C(F)F)o1. The maximum atomic E-state index is 12.5. The van der Waals surface area contributed by atoms with E-state index in [0.717, 1.165) is 6.07 Å². The average molecular weight is 290 g/mol. The molecule has 0 bridgehead atoms. The lowest BCUT2D eigenvalue weighted by Gasteiger charge is -2.15. The van der Waals surface area contributed by atoms with Gasteiger partial charge in [-0.3, -0.25) is 0 Å². The van der Waals surface area contributed by atoms with Gasteiger partial charge in [0.1, 0.15) is 5.76 Å². The Morgan fingerprint density at radius 1 is 1.39 bits per heavy atom. The lowest BCUT2D eigenvalue weighted by molar-refractivity contribution is -0.122. The lowest BCUT2D eigenvalue weighted by atomic mass is 10.4. The van der Waals surface area contributed by atoms with Crippen molar-refractivity contribution in [1.29, 1.82) is 0 Å². The molecule has 0 aliphatic carbocycles. The minimum Gasteiger partial charge on any atom is -0.447 e. The first-order valence-electron chi connectivity index (χ1n) is 4.63. The van der Waals surface area contributed by atoms with E-state index in [-0.39, 0.29) is 12.3 Å². The smallest absolute Gasteiger partial charge is 0.320 e. The van der Waals surface area contributed by atoms with Crippen molar-refractivity contribution in [3.8, 4) is 0 Å². The first-order valence-corrected chi connectivity index (χ1v) is 6.12. The standard InChI is InChI=1S/C8H10F4N2O3S/c9-7(10)8(11,12)4-14-18(15,16)6-2-1-5(3-13)17-6/h1-2,7,14H,3-4,13H2. The summed E-state index contributed by atoms with van der Waals surface area (Å²) in [6, 6.07) is 2.23. The second-order valence-corrected chi connectivity index (χ2v) is 5.01. The Bertz CT molecular complexity index is 500. The summed E-state index contributed by atoms with van der Waals surface area (Å²) in [5, 5.41) is -0.659. The molecule has 5 nitrogen and oxygen atoms in total. The minimum atomic E-state index is -4.45. The van der Waals surface area contributed by atoms with Crippen LogP contribution in [0.3, 0.4) is 0 Å². The van der Waals surface area contributed by atoms with Crippen LogP contribution in [0.15, 0.2) is 21.6 Å². The van der Waals surface area contributed by atoms with E-state index in [1.807, 2.05) is 0 Å². The van der Waals surface area contributed by atoms with Gasteiger partial charge in [-0.15, -0.1) is 0 Å². The third-order valence-electron chi connectivity index (χ3n) is 1.92. The van der Waals surface area contributed by atoms with Gasteiger partial charge in [0.2, 0.25) is 5.09 Å². The van der Waals surface area contributed by atoms with Crippen molar-refractivity contribution in [2.75, 3.05) is 6.54 Å². The van der Waals surface area contributed by atoms with Crippen LogP contribution in [0.5, 0.6) is 0 Å². The summed E-state index contributed by atoms with van der Waals surface area (Å²) in [5.41, 5.74) is 5.16. The molecule has 18 heavy (non-hydrogen) atoms. The van der Waals surface area contributed by atoms with Crippen LogP contribution in [-0.4, -0.2) is 27.3 Å². The Morgan fingerprint density at radius 2 is 2.00 bits per heavy atom. The third-order valence-corrected chi connectivity index (χ3v) is 3.19. The molecule has 0 aliphatic rings. The van der Waals surface area contributed by atoms with E-state index in [0.29, 0.717) is 0 Å². The van der Waals surface area contributed by atoms with Gasteiger partial charge in [-0.2, -0.15) is 8.78 Å². The van der Waals surface area contributed by atoms with Gasteiger partial charge in [0.05, 0.1) is 13.1 Å². The molecule has 0 radical (unpaired) electrons. The van der Waals surface area contributed by atoms with Crippen molar-refractivity contribution in [1.82, 2.24) is 4.72 Å². The minimum absolute atomic E-state index is 0.0806. The fraction of sp³-hybridized carbons (Fsp3) is 0.500. The Morgan fingerprint density at radius 3 is 2.44 bits per heavy atom. The number of alkyl halides is 4. The molecule has 0 saturated carbocycles. The van der Waals surface area contributed by atoms with E-state index < -0.39 is 34.0 Å². The molecule has 0 atom stereocenters. The Balaban J connectivity index is 2.77.